The summed E-state index contributed by atoms with van der Waals surface area (Å²) in [6.07, 6.45) is 0. The second-order valence-corrected chi connectivity index (χ2v) is 9.78. The number of sulfonamides is 1. The normalized spacial score (nSPS) is 11.8. The van der Waals surface area contributed by atoms with Gasteiger partial charge in [-0.1, -0.05) is 6.07 Å². The van der Waals surface area contributed by atoms with Crippen LogP contribution >= 0.6 is 11.3 Å². The molecule has 1 aromatic heterocycles. The molecule has 1 heterocycles. The number of hydrogen-bond acceptors (Lipinski definition) is 4. The molecule has 2 aromatic rings. The molecule has 1 aromatic carbocycles. The fraction of sp³-hybridized carbons (Fsp3) is 0.389. The summed E-state index contributed by atoms with van der Waals surface area (Å²) in [5, 5.41) is 5.53. The van der Waals surface area contributed by atoms with Crippen LogP contribution in [0.1, 0.15) is 29.2 Å². The number of anilines is 1. The Labute approximate surface area is 159 Å². The van der Waals surface area contributed by atoms with Crippen molar-refractivity contribution in [3.8, 4) is 0 Å². The van der Waals surface area contributed by atoms with Gasteiger partial charge in [0.05, 0.1) is 11.4 Å². The van der Waals surface area contributed by atoms with Crippen LogP contribution < -0.4 is 10.6 Å². The Morgan fingerprint density at radius 2 is 1.88 bits per heavy atom. The summed E-state index contributed by atoms with van der Waals surface area (Å²) in [5.74, 6) is 0. The van der Waals surface area contributed by atoms with Crippen LogP contribution in [0, 0.1) is 13.8 Å². The quantitative estimate of drug-likeness (QED) is 0.782. The van der Waals surface area contributed by atoms with Gasteiger partial charge >= 0.3 is 6.03 Å². The molecule has 0 aliphatic heterocycles. The van der Waals surface area contributed by atoms with Gasteiger partial charge in [0.2, 0.25) is 10.0 Å². The van der Waals surface area contributed by atoms with E-state index >= 15 is 0 Å². The molecule has 0 saturated heterocycles. The predicted molar refractivity (Wildman–Crippen MR) is 106 cm³/mol. The third-order valence-electron chi connectivity index (χ3n) is 4.08. The molecule has 0 saturated carbocycles. The molecule has 0 radical (unpaired) electrons. The van der Waals surface area contributed by atoms with Gasteiger partial charge in [-0.15, -0.1) is 11.3 Å². The fourth-order valence-corrected chi connectivity index (χ4v) is 4.48. The van der Waals surface area contributed by atoms with Crippen LogP contribution in [0.3, 0.4) is 0 Å². The van der Waals surface area contributed by atoms with E-state index in [1.54, 1.807) is 30.5 Å². The van der Waals surface area contributed by atoms with Gasteiger partial charge in [-0.3, -0.25) is 0 Å². The Hall–Kier alpha value is -1.90. The van der Waals surface area contributed by atoms with E-state index in [-0.39, 0.29) is 17.0 Å². The molecule has 0 bridgehead atoms. The van der Waals surface area contributed by atoms with Crippen LogP contribution in [0.25, 0.3) is 0 Å². The van der Waals surface area contributed by atoms with Crippen molar-refractivity contribution in [1.82, 2.24) is 9.62 Å². The largest absolute Gasteiger partial charge is 0.333 e. The van der Waals surface area contributed by atoms with Gasteiger partial charge in [-0.2, -0.15) is 4.31 Å². The number of hydrogen-bond donors (Lipinski definition) is 2. The van der Waals surface area contributed by atoms with E-state index in [2.05, 4.69) is 10.6 Å². The van der Waals surface area contributed by atoms with Crippen molar-refractivity contribution in [2.75, 3.05) is 12.4 Å². The topological polar surface area (TPSA) is 78.5 Å². The number of carbonyl (C=O) groups excluding carboxylic acids is 1. The molecule has 8 heteroatoms. The Morgan fingerprint density at radius 3 is 2.46 bits per heavy atom. The Balaban J connectivity index is 2.13. The summed E-state index contributed by atoms with van der Waals surface area (Å²) in [4.78, 5) is 14.6. The molecule has 0 aliphatic carbocycles. The maximum Gasteiger partial charge on any atom is 0.319 e. The summed E-state index contributed by atoms with van der Waals surface area (Å²) in [6.45, 7) is 7.88. The highest BCUT2D eigenvalue weighted by molar-refractivity contribution is 7.89. The van der Waals surface area contributed by atoms with Gasteiger partial charge in [-0.25, -0.2) is 13.2 Å². The third-order valence-corrected chi connectivity index (χ3v) is 7.11. The molecule has 0 unspecified atom stereocenters. The van der Waals surface area contributed by atoms with E-state index in [1.807, 2.05) is 39.8 Å². The van der Waals surface area contributed by atoms with E-state index < -0.39 is 10.0 Å². The zero-order valence-electron chi connectivity index (χ0n) is 15.7. The van der Waals surface area contributed by atoms with E-state index in [9.17, 15) is 13.2 Å². The number of rotatable bonds is 6. The van der Waals surface area contributed by atoms with Gasteiger partial charge in [-0.05, 0) is 57.5 Å². The number of benzene rings is 1. The van der Waals surface area contributed by atoms with Crippen molar-refractivity contribution < 1.29 is 13.2 Å². The van der Waals surface area contributed by atoms with Gasteiger partial charge in [0.1, 0.15) is 0 Å². The Kier molecular flexibility index (Phi) is 6.44. The van der Waals surface area contributed by atoms with Crippen molar-refractivity contribution in [1.29, 1.82) is 0 Å². The molecule has 0 atom stereocenters. The number of thiophene rings is 1. The molecule has 142 valence electrons. The van der Waals surface area contributed by atoms with Crippen molar-refractivity contribution in [3.63, 3.8) is 0 Å². The van der Waals surface area contributed by atoms with Crippen molar-refractivity contribution in [2.45, 2.75) is 45.2 Å². The molecule has 2 N–H and O–H groups in total. The first-order valence-corrected chi connectivity index (χ1v) is 10.6. The summed E-state index contributed by atoms with van der Waals surface area (Å²) < 4.78 is 26.6. The van der Waals surface area contributed by atoms with Crippen LogP contribution in [0.15, 0.2) is 35.2 Å². The number of urea groups is 1. The molecule has 2 rings (SSSR count). The second-order valence-electron chi connectivity index (χ2n) is 6.41. The fourth-order valence-electron chi connectivity index (χ4n) is 2.25. The van der Waals surface area contributed by atoms with Crippen LogP contribution in [0.4, 0.5) is 10.5 Å². The smallest absolute Gasteiger partial charge is 0.319 e. The molecule has 0 spiro atoms. The minimum absolute atomic E-state index is 0.156. The van der Waals surface area contributed by atoms with Crippen LogP contribution in [0.5, 0.6) is 0 Å². The molecule has 0 fully saturated rings. The molecular formula is C18H25N3O3S2. The van der Waals surface area contributed by atoms with Crippen LogP contribution in [0.2, 0.25) is 0 Å². The number of amides is 2. The van der Waals surface area contributed by atoms with Gasteiger partial charge in [0.25, 0.3) is 0 Å². The summed E-state index contributed by atoms with van der Waals surface area (Å²) in [6, 6.07) is 8.20. The lowest BCUT2D eigenvalue weighted by molar-refractivity contribution is 0.252. The lowest BCUT2D eigenvalue weighted by atomic mass is 10.2. The van der Waals surface area contributed by atoms with E-state index in [0.29, 0.717) is 12.2 Å². The number of nitrogens with zero attached hydrogens (tertiary/aromatic N) is 1. The van der Waals surface area contributed by atoms with Gasteiger partial charge < -0.3 is 10.6 Å². The first-order valence-electron chi connectivity index (χ1n) is 8.30. The minimum atomic E-state index is -3.60. The van der Waals surface area contributed by atoms with Crippen molar-refractivity contribution >= 4 is 33.1 Å². The summed E-state index contributed by atoms with van der Waals surface area (Å²) in [7, 11) is -2.06. The average molecular weight is 396 g/mol. The highest BCUT2D eigenvalue weighted by Crippen LogP contribution is 2.23. The highest BCUT2D eigenvalue weighted by atomic mass is 32.2. The van der Waals surface area contributed by atoms with Crippen LogP contribution in [-0.4, -0.2) is 31.8 Å². The third kappa shape index (κ3) is 4.84. The summed E-state index contributed by atoms with van der Waals surface area (Å²) >= 11 is 1.62. The molecule has 2 amide bonds. The number of carbonyl (C=O) groups is 1. The van der Waals surface area contributed by atoms with Crippen LogP contribution in [-0.2, 0) is 16.6 Å². The highest BCUT2D eigenvalue weighted by Gasteiger charge is 2.23. The minimum Gasteiger partial charge on any atom is -0.333 e. The standard InChI is InChI=1S/C18H25N3O3S2/c1-12(2)21(5)26(23,24)16-9-6-13(3)17(10-16)20-18(22)19-11-15-8-7-14(4)25-15/h6-10,12H,11H2,1-5H3,(H2,19,20,22). The zero-order valence-corrected chi connectivity index (χ0v) is 17.3. The van der Waals surface area contributed by atoms with E-state index in [0.717, 1.165) is 10.4 Å². The number of nitrogens with one attached hydrogen (secondary N) is 2. The monoisotopic (exact) mass is 395 g/mol. The Morgan fingerprint density at radius 1 is 1.19 bits per heavy atom. The van der Waals surface area contributed by atoms with Crippen molar-refractivity contribution in [3.05, 3.63) is 45.6 Å². The Bertz CT molecular complexity index is 889. The predicted octanol–water partition coefficient (Wildman–Crippen LogP) is 3.72. The van der Waals surface area contributed by atoms with Gasteiger partial charge in [0, 0.05) is 28.5 Å². The van der Waals surface area contributed by atoms with E-state index in [1.165, 1.54) is 15.2 Å². The molecular weight excluding hydrogens is 370 g/mol. The SMILES string of the molecule is Cc1ccc(CNC(=O)Nc2cc(S(=O)(=O)N(C)C(C)C)ccc2C)s1. The molecule has 26 heavy (non-hydrogen) atoms. The lowest BCUT2D eigenvalue weighted by Crippen LogP contribution is -2.33. The summed E-state index contributed by atoms with van der Waals surface area (Å²) in [5.41, 5.74) is 1.27. The second kappa shape index (κ2) is 8.20. The lowest BCUT2D eigenvalue weighted by Gasteiger charge is -2.21. The first kappa shape index (κ1) is 20.4. The van der Waals surface area contributed by atoms with Gasteiger partial charge in [0.15, 0.2) is 0 Å². The van der Waals surface area contributed by atoms with E-state index in [4.69, 9.17) is 0 Å². The molecule has 6 nitrogen and oxygen atoms in total. The maximum absolute atomic E-state index is 12.6. The zero-order chi connectivity index (χ0) is 19.5. The number of aryl methyl sites for hydroxylation is 2. The maximum atomic E-state index is 12.6. The first-order chi connectivity index (χ1) is 12.1. The van der Waals surface area contributed by atoms with Crippen molar-refractivity contribution in [2.24, 2.45) is 0 Å². The molecule has 0 aliphatic rings. The average Bonchev–Trinajstić information content (AvgIpc) is 2.99.